The molecule has 0 spiro atoms. The maximum atomic E-state index is 12.0. The van der Waals surface area contributed by atoms with Gasteiger partial charge in [0.1, 0.15) is 12.3 Å². The molecule has 0 bridgehead atoms. The van der Waals surface area contributed by atoms with Crippen LogP contribution in [0, 0.1) is 0 Å². The summed E-state index contributed by atoms with van der Waals surface area (Å²) in [4.78, 5) is 35.6. The van der Waals surface area contributed by atoms with E-state index in [1.165, 1.54) is 0 Å². The van der Waals surface area contributed by atoms with E-state index in [0.717, 1.165) is 5.56 Å². The van der Waals surface area contributed by atoms with Crippen LogP contribution in [0.5, 0.6) is 5.75 Å². The van der Waals surface area contributed by atoms with E-state index in [9.17, 15) is 14.4 Å². The van der Waals surface area contributed by atoms with Crippen molar-refractivity contribution in [3.63, 3.8) is 0 Å². The summed E-state index contributed by atoms with van der Waals surface area (Å²) < 4.78 is 10.2. The molecule has 0 aliphatic carbocycles. The molecule has 2 aromatic carbocycles. The number of hydrogen-bond donors (Lipinski definition) is 2. The molecule has 0 radical (unpaired) electrons. The van der Waals surface area contributed by atoms with Gasteiger partial charge in [0.25, 0.3) is 11.8 Å². The van der Waals surface area contributed by atoms with Crippen molar-refractivity contribution in [3.05, 3.63) is 65.7 Å². The number of hydrogen-bond acceptors (Lipinski definition) is 5. The van der Waals surface area contributed by atoms with Crippen molar-refractivity contribution in [2.45, 2.75) is 19.8 Å². The number of esters is 1. The van der Waals surface area contributed by atoms with Gasteiger partial charge in [0.05, 0.1) is 6.61 Å². The van der Waals surface area contributed by atoms with E-state index >= 15 is 0 Å². The summed E-state index contributed by atoms with van der Waals surface area (Å²) in [6.07, 6.45) is 0. The van der Waals surface area contributed by atoms with Crippen molar-refractivity contribution in [2.75, 3.05) is 26.3 Å². The molecule has 2 rings (SSSR count). The molecule has 29 heavy (non-hydrogen) atoms. The van der Waals surface area contributed by atoms with E-state index in [-0.39, 0.29) is 25.0 Å². The predicted molar refractivity (Wildman–Crippen MR) is 109 cm³/mol. The molecule has 7 heteroatoms. The molecule has 1 atom stereocenters. The van der Waals surface area contributed by atoms with Crippen LogP contribution in [0.2, 0.25) is 0 Å². The minimum atomic E-state index is -0.685. The fraction of sp³-hybridized carbons (Fsp3) is 0.318. The van der Waals surface area contributed by atoms with Gasteiger partial charge in [-0.05, 0) is 42.7 Å². The Kier molecular flexibility index (Phi) is 8.69. The second-order valence-electron chi connectivity index (χ2n) is 6.42. The number of benzene rings is 2. The van der Waals surface area contributed by atoms with Crippen LogP contribution in [0.4, 0.5) is 0 Å². The summed E-state index contributed by atoms with van der Waals surface area (Å²) >= 11 is 0. The average Bonchev–Trinajstić information content (AvgIpc) is 2.75. The van der Waals surface area contributed by atoms with Crippen LogP contribution in [0.3, 0.4) is 0 Å². The largest absolute Gasteiger partial charge is 0.494 e. The molecule has 0 saturated carbocycles. The van der Waals surface area contributed by atoms with Gasteiger partial charge in [0.15, 0.2) is 6.61 Å². The van der Waals surface area contributed by atoms with Gasteiger partial charge in [-0.3, -0.25) is 14.4 Å². The van der Waals surface area contributed by atoms with Gasteiger partial charge in [-0.15, -0.1) is 0 Å². The second kappa shape index (κ2) is 11.5. The fourth-order valence-electron chi connectivity index (χ4n) is 2.54. The Bertz CT molecular complexity index is 806. The molecule has 0 unspecified atom stereocenters. The Morgan fingerprint density at radius 3 is 2.31 bits per heavy atom. The van der Waals surface area contributed by atoms with Crippen LogP contribution in [0.25, 0.3) is 0 Å². The summed E-state index contributed by atoms with van der Waals surface area (Å²) in [5.41, 5.74) is 1.51. The lowest BCUT2D eigenvalue weighted by Crippen LogP contribution is -2.35. The van der Waals surface area contributed by atoms with Crippen LogP contribution < -0.4 is 15.4 Å². The maximum absolute atomic E-state index is 12.0. The minimum absolute atomic E-state index is 0.143. The molecule has 0 aliphatic heterocycles. The van der Waals surface area contributed by atoms with Gasteiger partial charge < -0.3 is 20.1 Å². The quantitative estimate of drug-likeness (QED) is 0.599. The normalized spacial score (nSPS) is 11.2. The predicted octanol–water partition coefficient (Wildman–Crippen LogP) is 2.28. The minimum Gasteiger partial charge on any atom is -0.494 e. The molecule has 154 valence electrons. The molecule has 0 saturated heterocycles. The molecular weight excluding hydrogens is 372 g/mol. The Hall–Kier alpha value is -3.35. The van der Waals surface area contributed by atoms with Crippen molar-refractivity contribution >= 4 is 17.8 Å². The number of carbonyl (C=O) groups excluding carboxylic acids is 3. The van der Waals surface area contributed by atoms with Crippen molar-refractivity contribution in [3.8, 4) is 5.75 Å². The Morgan fingerprint density at radius 1 is 0.966 bits per heavy atom. The van der Waals surface area contributed by atoms with E-state index in [0.29, 0.717) is 24.5 Å². The number of rotatable bonds is 10. The highest BCUT2D eigenvalue weighted by atomic mass is 16.5. The monoisotopic (exact) mass is 398 g/mol. The standard InChI is InChI=1S/C22H26N2O5/c1-3-28-19-11-9-18(10-12-19)22(27)24-14-21(26)29-15-20(25)23-13-16(2)17-7-5-4-6-8-17/h4-12,16H,3,13-15H2,1-2H3,(H,23,25)(H,24,27)/t16-/m1/s1. The van der Waals surface area contributed by atoms with Gasteiger partial charge in [0.2, 0.25) is 0 Å². The van der Waals surface area contributed by atoms with Gasteiger partial charge in [-0.2, -0.15) is 0 Å². The van der Waals surface area contributed by atoms with E-state index in [1.54, 1.807) is 24.3 Å². The van der Waals surface area contributed by atoms with Crippen molar-refractivity contribution in [1.29, 1.82) is 0 Å². The number of nitrogens with one attached hydrogen (secondary N) is 2. The zero-order valence-corrected chi connectivity index (χ0v) is 16.6. The molecular formula is C22H26N2O5. The summed E-state index contributed by atoms with van der Waals surface area (Å²) in [5.74, 6) is -0.680. The molecule has 0 aromatic heterocycles. The average molecular weight is 398 g/mol. The third-order valence-electron chi connectivity index (χ3n) is 4.16. The Morgan fingerprint density at radius 2 is 1.66 bits per heavy atom. The van der Waals surface area contributed by atoms with Gasteiger partial charge >= 0.3 is 5.97 Å². The van der Waals surface area contributed by atoms with Crippen LogP contribution in [-0.2, 0) is 14.3 Å². The van der Waals surface area contributed by atoms with E-state index in [2.05, 4.69) is 10.6 Å². The Labute approximate surface area is 170 Å². The third-order valence-corrected chi connectivity index (χ3v) is 4.16. The summed E-state index contributed by atoms with van der Waals surface area (Å²) in [5, 5.41) is 5.19. The van der Waals surface area contributed by atoms with E-state index < -0.39 is 11.9 Å². The van der Waals surface area contributed by atoms with E-state index in [1.807, 2.05) is 44.2 Å². The summed E-state index contributed by atoms with van der Waals surface area (Å²) in [6.45, 7) is 4.14. The second-order valence-corrected chi connectivity index (χ2v) is 6.42. The lowest BCUT2D eigenvalue weighted by molar-refractivity contribution is -0.147. The highest BCUT2D eigenvalue weighted by Crippen LogP contribution is 2.13. The number of carbonyl (C=O) groups is 3. The lowest BCUT2D eigenvalue weighted by Gasteiger charge is -2.13. The molecule has 2 amide bonds. The van der Waals surface area contributed by atoms with Crippen LogP contribution in [0.1, 0.15) is 35.7 Å². The first kappa shape index (κ1) is 21.9. The van der Waals surface area contributed by atoms with Gasteiger partial charge in [0, 0.05) is 12.1 Å². The highest BCUT2D eigenvalue weighted by Gasteiger charge is 2.12. The fourth-order valence-corrected chi connectivity index (χ4v) is 2.54. The summed E-state index contributed by atoms with van der Waals surface area (Å²) in [6, 6.07) is 16.4. The maximum Gasteiger partial charge on any atom is 0.325 e. The first-order valence-corrected chi connectivity index (χ1v) is 9.48. The van der Waals surface area contributed by atoms with Gasteiger partial charge in [-0.25, -0.2) is 0 Å². The number of ether oxygens (including phenoxy) is 2. The lowest BCUT2D eigenvalue weighted by atomic mass is 10.0. The topological polar surface area (TPSA) is 93.7 Å². The van der Waals surface area contributed by atoms with E-state index in [4.69, 9.17) is 9.47 Å². The molecule has 0 fully saturated rings. The Balaban J connectivity index is 1.65. The highest BCUT2D eigenvalue weighted by molar-refractivity contribution is 5.96. The molecule has 0 heterocycles. The molecule has 2 aromatic rings. The van der Waals surface area contributed by atoms with Crippen LogP contribution in [0.15, 0.2) is 54.6 Å². The van der Waals surface area contributed by atoms with Crippen molar-refractivity contribution in [2.24, 2.45) is 0 Å². The number of amides is 2. The zero-order chi connectivity index (χ0) is 21.1. The molecule has 7 nitrogen and oxygen atoms in total. The molecule has 0 aliphatic rings. The summed E-state index contributed by atoms with van der Waals surface area (Å²) in [7, 11) is 0. The van der Waals surface area contributed by atoms with Gasteiger partial charge in [-0.1, -0.05) is 37.3 Å². The SMILES string of the molecule is CCOc1ccc(C(=O)NCC(=O)OCC(=O)NC[C@@H](C)c2ccccc2)cc1. The van der Waals surface area contributed by atoms with Crippen LogP contribution in [-0.4, -0.2) is 44.1 Å². The van der Waals surface area contributed by atoms with Crippen LogP contribution >= 0.6 is 0 Å². The zero-order valence-electron chi connectivity index (χ0n) is 16.6. The van der Waals surface area contributed by atoms with Crippen molar-refractivity contribution < 1.29 is 23.9 Å². The smallest absolute Gasteiger partial charge is 0.325 e. The molecule has 2 N–H and O–H groups in total. The van der Waals surface area contributed by atoms with Crippen molar-refractivity contribution in [1.82, 2.24) is 10.6 Å². The first-order chi connectivity index (χ1) is 14.0. The first-order valence-electron chi connectivity index (χ1n) is 9.48. The third kappa shape index (κ3) is 7.65.